The minimum Gasteiger partial charge on any atom is -0.376 e. The van der Waals surface area contributed by atoms with E-state index in [0.29, 0.717) is 17.8 Å². The first kappa shape index (κ1) is 27.1. The van der Waals surface area contributed by atoms with Crippen LogP contribution in [0.2, 0.25) is 0 Å². The zero-order valence-electron chi connectivity index (χ0n) is 25.1. The first-order valence-corrected chi connectivity index (χ1v) is 17.1. The average molecular weight is 547 g/mol. The van der Waals surface area contributed by atoms with E-state index in [1.807, 2.05) is 0 Å². The van der Waals surface area contributed by atoms with Gasteiger partial charge < -0.3 is 5.32 Å². The molecular formula is C39H50N2. The van der Waals surface area contributed by atoms with Crippen molar-refractivity contribution in [2.45, 2.75) is 114 Å². The van der Waals surface area contributed by atoms with Gasteiger partial charge in [0.15, 0.2) is 0 Å². The molecule has 2 aromatic carbocycles. The van der Waals surface area contributed by atoms with Gasteiger partial charge in [0.05, 0.1) is 6.72 Å². The summed E-state index contributed by atoms with van der Waals surface area (Å²) in [7, 11) is 0. The Morgan fingerprint density at radius 3 is 2.05 bits per heavy atom. The van der Waals surface area contributed by atoms with Crippen molar-refractivity contribution in [2.75, 3.05) is 5.32 Å². The molecule has 7 rings (SSSR count). The van der Waals surface area contributed by atoms with Gasteiger partial charge in [0.25, 0.3) is 0 Å². The van der Waals surface area contributed by atoms with Crippen molar-refractivity contribution in [3.8, 4) is 0 Å². The number of hydrogen-bond donors (Lipinski definition) is 1. The molecule has 4 aliphatic carbocycles. The predicted octanol–water partition coefficient (Wildman–Crippen LogP) is 10.5. The highest BCUT2D eigenvalue weighted by molar-refractivity contribution is 5.63. The normalized spacial score (nSPS) is 28.0. The number of anilines is 1. The molecule has 0 radical (unpaired) electrons. The highest BCUT2D eigenvalue weighted by atomic mass is 15.1. The summed E-state index contributed by atoms with van der Waals surface area (Å²) in [6.07, 6.45) is 27.7. The Balaban J connectivity index is 1.25. The van der Waals surface area contributed by atoms with Gasteiger partial charge in [-0.25, -0.2) is 0 Å². The van der Waals surface area contributed by atoms with Gasteiger partial charge in [0.1, 0.15) is 17.8 Å². The number of nitrogens with zero attached hydrogens (tertiary/aromatic N) is 1. The molecule has 4 atom stereocenters. The molecule has 0 aromatic heterocycles. The summed E-state index contributed by atoms with van der Waals surface area (Å²) in [5, 5.41) is 4.27. The van der Waals surface area contributed by atoms with Crippen LogP contribution in [0, 0.1) is 23.8 Å². The maximum absolute atomic E-state index is 4.80. The van der Waals surface area contributed by atoms with E-state index in [0.717, 1.165) is 11.8 Å². The molecule has 4 unspecified atom stereocenters. The molecule has 0 saturated heterocycles. The topological polar surface area (TPSA) is 15.0 Å². The van der Waals surface area contributed by atoms with E-state index in [1.54, 1.807) is 11.1 Å². The second-order valence-corrected chi connectivity index (χ2v) is 13.8. The summed E-state index contributed by atoms with van der Waals surface area (Å²) >= 11 is 0. The van der Waals surface area contributed by atoms with Crippen molar-refractivity contribution in [1.29, 1.82) is 0 Å². The number of benzene rings is 2. The Hall–Kier alpha value is -2.74. The molecule has 0 spiro atoms. The molecule has 5 aliphatic rings. The third-order valence-electron chi connectivity index (χ3n) is 11.5. The Morgan fingerprint density at radius 1 is 0.707 bits per heavy atom. The maximum atomic E-state index is 4.80. The van der Waals surface area contributed by atoms with Gasteiger partial charge in [-0.1, -0.05) is 125 Å². The van der Waals surface area contributed by atoms with Crippen LogP contribution >= 0.6 is 0 Å². The zero-order valence-corrected chi connectivity index (χ0v) is 25.1. The van der Waals surface area contributed by atoms with E-state index < -0.39 is 0 Å². The Kier molecular flexibility index (Phi) is 8.10. The SMILES string of the molecule is C=[N+]1C(C(Nc2c(C3CCCC3)cccc2C2CCCC2)c2ccccc2)=CC=C[C-]1C1CCCC2CCCCC21. The molecule has 1 N–H and O–H groups in total. The second kappa shape index (κ2) is 12.2. The predicted molar refractivity (Wildman–Crippen MR) is 172 cm³/mol. The maximum Gasteiger partial charge on any atom is 0.126 e. The molecule has 1 aliphatic heterocycles. The third kappa shape index (κ3) is 5.44. The lowest BCUT2D eigenvalue weighted by atomic mass is 9.63. The molecule has 4 saturated carbocycles. The standard InChI is InChI=1S/C39H50N2/c1-41-36(35-25-11-21-28-14-9-10-22-32(28)35)26-13-27-37(41)38(31-19-3-2-4-20-31)40-39-33(29-15-5-6-16-29)23-12-24-34(39)30-17-7-8-18-30/h2-4,12-13,19-20,23-24,26-30,32,35,38,40H,1,5-11,14-18,21-22,25H2. The smallest absolute Gasteiger partial charge is 0.126 e. The fourth-order valence-electron chi connectivity index (χ4n) is 9.48. The Morgan fingerprint density at radius 2 is 1.34 bits per heavy atom. The van der Waals surface area contributed by atoms with Crippen LogP contribution in [0.15, 0.2) is 72.5 Å². The minimum atomic E-state index is 0.0714. The van der Waals surface area contributed by atoms with Gasteiger partial charge in [-0.2, -0.15) is 0 Å². The van der Waals surface area contributed by atoms with E-state index in [9.17, 15) is 0 Å². The summed E-state index contributed by atoms with van der Waals surface area (Å²) in [6.45, 7) is 4.80. The molecule has 4 fully saturated rings. The van der Waals surface area contributed by atoms with Gasteiger partial charge >= 0.3 is 0 Å². The Labute approximate surface area is 249 Å². The monoisotopic (exact) mass is 546 g/mol. The zero-order chi connectivity index (χ0) is 27.6. The highest BCUT2D eigenvalue weighted by Crippen LogP contribution is 2.50. The number of fused-ring (bicyclic) bond motifs is 1. The molecule has 0 bridgehead atoms. The molecule has 216 valence electrons. The van der Waals surface area contributed by atoms with Crippen molar-refractivity contribution in [2.24, 2.45) is 17.8 Å². The van der Waals surface area contributed by atoms with E-state index in [1.165, 1.54) is 119 Å². The van der Waals surface area contributed by atoms with E-state index >= 15 is 0 Å². The third-order valence-corrected chi connectivity index (χ3v) is 11.5. The number of hydrogen-bond acceptors (Lipinski definition) is 1. The molecule has 2 aromatic rings. The van der Waals surface area contributed by atoms with Crippen LogP contribution in [0.3, 0.4) is 0 Å². The van der Waals surface area contributed by atoms with Gasteiger partial charge in [0, 0.05) is 11.6 Å². The number of allylic oxidation sites excluding steroid dienone is 2. The largest absolute Gasteiger partial charge is 0.376 e. The molecule has 0 amide bonds. The van der Waals surface area contributed by atoms with Gasteiger partial charge in [0.2, 0.25) is 0 Å². The summed E-state index contributed by atoms with van der Waals surface area (Å²) < 4.78 is 2.36. The molecule has 2 nitrogen and oxygen atoms in total. The lowest BCUT2D eigenvalue weighted by molar-refractivity contribution is -0.463. The van der Waals surface area contributed by atoms with E-state index in [-0.39, 0.29) is 6.04 Å². The average Bonchev–Trinajstić information content (AvgIpc) is 3.76. The van der Waals surface area contributed by atoms with Crippen molar-refractivity contribution in [3.63, 3.8) is 0 Å². The lowest BCUT2D eigenvalue weighted by Crippen LogP contribution is -2.39. The van der Waals surface area contributed by atoms with Crippen LogP contribution in [0.1, 0.15) is 131 Å². The van der Waals surface area contributed by atoms with E-state index in [2.05, 4.69) is 76.7 Å². The molecule has 2 heteroatoms. The van der Waals surface area contributed by atoms with Crippen LogP contribution in [0.5, 0.6) is 0 Å². The van der Waals surface area contributed by atoms with Gasteiger partial charge in [-0.05, 0) is 72.5 Å². The first-order valence-electron chi connectivity index (χ1n) is 17.1. The van der Waals surface area contributed by atoms with Gasteiger partial charge in [-0.3, -0.25) is 4.58 Å². The van der Waals surface area contributed by atoms with Crippen LogP contribution in [0.4, 0.5) is 5.69 Å². The minimum absolute atomic E-state index is 0.0714. The lowest BCUT2D eigenvalue weighted by Gasteiger charge is -2.45. The molecule has 1 heterocycles. The quantitative estimate of drug-likeness (QED) is 0.270. The summed E-state index contributed by atoms with van der Waals surface area (Å²) in [6, 6.07) is 20.0. The van der Waals surface area contributed by atoms with Crippen LogP contribution in [-0.4, -0.2) is 11.3 Å². The van der Waals surface area contributed by atoms with Crippen LogP contribution in [-0.2, 0) is 0 Å². The fourth-order valence-corrected chi connectivity index (χ4v) is 9.48. The first-order chi connectivity index (χ1) is 20.3. The van der Waals surface area contributed by atoms with Crippen LogP contribution < -0.4 is 5.32 Å². The van der Waals surface area contributed by atoms with Crippen molar-refractivity contribution in [1.82, 2.24) is 0 Å². The summed E-state index contributed by atoms with van der Waals surface area (Å²) in [5.74, 6) is 3.75. The number of para-hydroxylation sites is 1. The molecular weight excluding hydrogens is 496 g/mol. The Bertz CT molecular complexity index is 1220. The van der Waals surface area contributed by atoms with Gasteiger partial charge in [-0.15, -0.1) is 6.08 Å². The number of nitrogens with one attached hydrogen (secondary N) is 1. The highest BCUT2D eigenvalue weighted by Gasteiger charge is 2.41. The molecule has 41 heavy (non-hydrogen) atoms. The fraction of sp³-hybridized carbons (Fsp3) is 0.538. The second-order valence-electron chi connectivity index (χ2n) is 13.8. The summed E-state index contributed by atoms with van der Waals surface area (Å²) in [5.41, 5.74) is 7.20. The van der Waals surface area contributed by atoms with Crippen LogP contribution in [0.25, 0.3) is 0 Å². The van der Waals surface area contributed by atoms with Crippen molar-refractivity contribution < 1.29 is 4.58 Å². The van der Waals surface area contributed by atoms with Crippen molar-refractivity contribution >= 4 is 12.4 Å². The summed E-state index contributed by atoms with van der Waals surface area (Å²) in [4.78, 5) is 0. The van der Waals surface area contributed by atoms with E-state index in [4.69, 9.17) is 6.72 Å². The number of rotatable bonds is 7. The van der Waals surface area contributed by atoms with Crippen molar-refractivity contribution in [3.05, 3.63) is 95.2 Å².